The van der Waals surface area contributed by atoms with Crippen molar-refractivity contribution in [3.05, 3.63) is 229 Å². The lowest BCUT2D eigenvalue weighted by molar-refractivity contribution is -0.140. The number of thiophene rings is 4. The Morgan fingerprint density at radius 2 is 0.554 bits per heavy atom. The lowest BCUT2D eigenvalue weighted by atomic mass is 9.98. The number of ketones is 4. The fourth-order valence-electron chi connectivity index (χ4n) is 17.7. The number of amides is 4. The summed E-state index contributed by atoms with van der Waals surface area (Å²) in [5.74, 6) is -2.18. The number of Topliss-reactive ketones (excluding diaryl/α,β-unsaturated/α-hetero) is 4. The summed E-state index contributed by atoms with van der Waals surface area (Å²) in [6, 6.07) is 34.7. The Balaban J connectivity index is 0.000000153. The molecule has 0 bridgehead atoms. The molecule has 0 spiro atoms. The number of rotatable bonds is 29. The van der Waals surface area contributed by atoms with E-state index in [1.807, 2.05) is 146 Å². The van der Waals surface area contributed by atoms with Crippen LogP contribution in [0.4, 0.5) is 0 Å². The van der Waals surface area contributed by atoms with Crippen molar-refractivity contribution < 1.29 is 87.3 Å². The number of aliphatic hydroxyl groups is 4. The molecular formula is C100H120N8O18S4. The van der Waals surface area contributed by atoms with E-state index in [0.717, 1.165) is 143 Å². The zero-order valence-electron chi connectivity index (χ0n) is 76.5. The summed E-state index contributed by atoms with van der Waals surface area (Å²) < 4.78 is 27.4. The summed E-state index contributed by atoms with van der Waals surface area (Å²) >= 11 is 5.94. The highest BCUT2D eigenvalue weighted by molar-refractivity contribution is 7.11. The first-order valence-corrected chi connectivity index (χ1v) is 48.6. The molecular weight excluding hydrogens is 1730 g/mol. The van der Waals surface area contributed by atoms with Crippen LogP contribution < -0.4 is 18.9 Å². The molecule has 0 aliphatic carbocycles. The van der Waals surface area contributed by atoms with Gasteiger partial charge in [-0.1, -0.05) is 79.7 Å². The average molecular weight is 1850 g/mol. The quantitative estimate of drug-likeness (QED) is 0.0146. The van der Waals surface area contributed by atoms with Gasteiger partial charge in [0.25, 0.3) is 46.8 Å². The molecule has 8 unspecified atom stereocenters. The molecule has 4 amide bonds. The molecule has 8 atom stereocenters. The molecule has 8 aromatic rings. The number of aliphatic hydroxyl groups excluding tert-OH is 4. The van der Waals surface area contributed by atoms with E-state index in [-0.39, 0.29) is 75.7 Å². The lowest BCUT2D eigenvalue weighted by Gasteiger charge is -2.27. The van der Waals surface area contributed by atoms with Crippen molar-refractivity contribution in [3.8, 4) is 23.0 Å². The van der Waals surface area contributed by atoms with Crippen LogP contribution in [-0.2, 0) is 73.6 Å². The second-order valence-corrected chi connectivity index (χ2v) is 36.8. The highest BCUT2D eigenvalue weighted by Crippen LogP contribution is 2.48. The molecule has 26 nitrogen and oxygen atoms in total. The minimum absolute atomic E-state index is 0.0872. The molecule has 4 aromatic heterocycles. The molecule has 16 rings (SSSR count). The first-order chi connectivity index (χ1) is 62.5. The Bertz CT molecular complexity index is 4860. The molecule has 4 N–H and O–H groups in total. The van der Waals surface area contributed by atoms with E-state index in [4.69, 9.17) is 18.9 Å². The van der Waals surface area contributed by atoms with Crippen LogP contribution in [0.3, 0.4) is 0 Å². The molecule has 4 aromatic carbocycles. The summed E-state index contributed by atoms with van der Waals surface area (Å²) in [6.07, 6.45) is 3.36. The van der Waals surface area contributed by atoms with Crippen LogP contribution in [0.1, 0.15) is 185 Å². The van der Waals surface area contributed by atoms with Gasteiger partial charge in [-0.05, 0) is 228 Å². The zero-order valence-corrected chi connectivity index (χ0v) is 79.8. The van der Waals surface area contributed by atoms with E-state index in [1.165, 1.54) is 52.3 Å². The van der Waals surface area contributed by atoms with Crippen molar-refractivity contribution in [3.63, 3.8) is 0 Å². The largest absolute Gasteiger partial charge is 0.507 e. The number of nitrogens with zero attached hydrogens (tertiary/aromatic N) is 8. The fraction of sp³-hybridized carbons (Fsp3) is 0.430. The maximum Gasteiger partial charge on any atom is 0.302 e. The van der Waals surface area contributed by atoms with Crippen LogP contribution in [0.25, 0.3) is 23.0 Å². The van der Waals surface area contributed by atoms with Gasteiger partial charge in [0.15, 0.2) is 0 Å². The summed E-state index contributed by atoms with van der Waals surface area (Å²) in [5, 5.41) is 52.5. The molecule has 8 aliphatic heterocycles. The van der Waals surface area contributed by atoms with Crippen LogP contribution in [0.5, 0.6) is 23.0 Å². The number of fused-ring (bicyclic) bond motifs is 4. The Morgan fingerprint density at radius 3 is 0.715 bits per heavy atom. The van der Waals surface area contributed by atoms with E-state index in [0.29, 0.717) is 81.2 Å². The van der Waals surface area contributed by atoms with Crippen molar-refractivity contribution >= 4 is 121 Å². The molecule has 12 heterocycles. The van der Waals surface area contributed by atoms with Crippen LogP contribution in [-0.4, -0.2) is 248 Å². The SMILES string of the molecule is CCN(CC)CCN1C(=O)C(=O)/C(=C(/O)c2ccc3c(c2)CC(C)O3)C1c1cccs1.CCN(CC)CCN1C(=O)C(=O)/C(=C(/O)c2ccc3c(c2)CC(C)O3)C1c1cccs1.CCN(CC)CCN1C(=O)C(=O)/C(=C(/O)c2ccc3c(c2)CC(C)O3)C1c1cccs1.CCN(CC)CCN1C(=O)C(=O)/C(=C(/O)c2ccc3c(c2)CC(C)O3)C1c1cccs1.CCOC(C)=O. The van der Waals surface area contributed by atoms with Crippen molar-refractivity contribution in [1.82, 2.24) is 39.2 Å². The third kappa shape index (κ3) is 21.9. The number of carbonyl (C=O) groups excluding carboxylic acids is 9. The number of hydrogen-bond donors (Lipinski definition) is 4. The first kappa shape index (κ1) is 98.0. The Morgan fingerprint density at radius 1 is 0.346 bits per heavy atom. The second-order valence-electron chi connectivity index (χ2n) is 32.9. The van der Waals surface area contributed by atoms with Crippen molar-refractivity contribution in [2.75, 3.05) is 111 Å². The Labute approximate surface area is 777 Å². The molecule has 4 fully saturated rings. The topological polar surface area (TPSA) is 307 Å². The van der Waals surface area contributed by atoms with Crippen LogP contribution >= 0.6 is 45.3 Å². The number of benzene rings is 4. The van der Waals surface area contributed by atoms with Gasteiger partial charge >= 0.3 is 5.97 Å². The van der Waals surface area contributed by atoms with Crippen molar-refractivity contribution in [2.24, 2.45) is 0 Å². The third-order valence-electron chi connectivity index (χ3n) is 24.6. The van der Waals surface area contributed by atoms with Crippen molar-refractivity contribution in [2.45, 2.75) is 171 Å². The number of likely N-dealkylation sites (N-methyl/N-ethyl adjacent to an activating group) is 4. The summed E-state index contributed by atoms with van der Waals surface area (Å²) in [6.45, 7) is 39.7. The maximum absolute atomic E-state index is 13.1. The van der Waals surface area contributed by atoms with E-state index in [1.54, 1.807) is 50.8 Å². The van der Waals surface area contributed by atoms with Gasteiger partial charge in [0, 0.05) is 127 Å². The molecule has 30 heteroatoms. The lowest BCUT2D eigenvalue weighted by Crippen LogP contribution is -2.37. The van der Waals surface area contributed by atoms with Gasteiger partial charge in [-0.3, -0.25) is 43.2 Å². The molecule has 8 aliphatic rings. The molecule has 0 saturated carbocycles. The van der Waals surface area contributed by atoms with Gasteiger partial charge in [-0.15, -0.1) is 45.3 Å². The molecule has 692 valence electrons. The number of hydrogen-bond acceptors (Lipinski definition) is 26. The van der Waals surface area contributed by atoms with Gasteiger partial charge in [0.1, 0.15) is 70.5 Å². The average Bonchev–Trinajstić information content (AvgIpc) is 1.62. The Hall–Kier alpha value is -11.1. The van der Waals surface area contributed by atoms with Gasteiger partial charge in [0.05, 0.1) is 53.1 Å². The summed E-state index contributed by atoms with van der Waals surface area (Å²) in [7, 11) is 0. The summed E-state index contributed by atoms with van der Waals surface area (Å²) in [4.78, 5) is 133. The maximum atomic E-state index is 13.1. The highest BCUT2D eigenvalue weighted by Gasteiger charge is 2.51. The second kappa shape index (κ2) is 44.7. The molecule has 4 saturated heterocycles. The van der Waals surface area contributed by atoms with Crippen LogP contribution in [0.2, 0.25) is 0 Å². The minimum atomic E-state index is -0.624. The number of carbonyl (C=O) groups is 9. The van der Waals surface area contributed by atoms with Gasteiger partial charge < -0.3 is 83.3 Å². The third-order valence-corrected chi connectivity index (χ3v) is 28.3. The summed E-state index contributed by atoms with van der Waals surface area (Å²) in [5.41, 5.74) is 6.83. The predicted octanol–water partition coefficient (Wildman–Crippen LogP) is 15.9. The van der Waals surface area contributed by atoms with E-state index < -0.39 is 70.9 Å². The van der Waals surface area contributed by atoms with E-state index in [9.17, 15) is 63.6 Å². The normalized spacial score (nSPS) is 21.6. The fourth-order valence-corrected chi connectivity index (χ4v) is 21.1. The van der Waals surface area contributed by atoms with E-state index >= 15 is 0 Å². The van der Waals surface area contributed by atoms with Gasteiger partial charge in [-0.2, -0.15) is 0 Å². The molecule has 130 heavy (non-hydrogen) atoms. The smallest absolute Gasteiger partial charge is 0.302 e. The molecule has 0 radical (unpaired) electrons. The van der Waals surface area contributed by atoms with Crippen LogP contribution in [0, 0.1) is 0 Å². The van der Waals surface area contributed by atoms with Crippen LogP contribution in [0.15, 0.2) is 165 Å². The standard InChI is InChI=1S/4C24H28N2O4S.C4H8O2/c4*1-4-25(5-2)10-11-26-21(19-7-6-12-31-19)20(23(28)24(26)29)22(27)16-8-9-18-17(14-16)13-15(3)30-18;1-3-6-4(2)5/h4*6-9,12,14-15,21,27H,4-5,10-11,13H2,1-3H3;3H2,1-2H3/b4*22-20+;. The van der Waals surface area contributed by atoms with Crippen molar-refractivity contribution in [1.29, 1.82) is 0 Å². The van der Waals surface area contributed by atoms with Gasteiger partial charge in [0.2, 0.25) is 0 Å². The number of esters is 1. The van der Waals surface area contributed by atoms with Gasteiger partial charge in [-0.25, -0.2) is 0 Å². The predicted molar refractivity (Wildman–Crippen MR) is 508 cm³/mol. The Kier molecular flexibility index (Phi) is 33.7. The number of likely N-dealkylation sites (tertiary alicyclic amines) is 4. The monoisotopic (exact) mass is 1850 g/mol. The number of ether oxygens (including phenoxy) is 5. The first-order valence-electron chi connectivity index (χ1n) is 45.0. The zero-order chi connectivity index (χ0) is 93.5. The highest BCUT2D eigenvalue weighted by atomic mass is 32.1. The minimum Gasteiger partial charge on any atom is -0.507 e. The van der Waals surface area contributed by atoms with E-state index in [2.05, 4.69) is 79.7 Å².